The second kappa shape index (κ2) is 6.58. The van der Waals surface area contributed by atoms with Crippen LogP contribution in [0.5, 0.6) is 0 Å². The van der Waals surface area contributed by atoms with Gasteiger partial charge in [0.1, 0.15) is 0 Å². The van der Waals surface area contributed by atoms with Crippen molar-refractivity contribution in [1.82, 2.24) is 4.90 Å². The van der Waals surface area contributed by atoms with Crippen LogP contribution in [-0.2, 0) is 4.74 Å². The van der Waals surface area contributed by atoms with E-state index in [1.54, 1.807) is 7.11 Å². The fourth-order valence-electron chi connectivity index (χ4n) is 0.803. The van der Waals surface area contributed by atoms with Crippen molar-refractivity contribution in [1.29, 1.82) is 0 Å². The van der Waals surface area contributed by atoms with Crippen molar-refractivity contribution < 1.29 is 9.84 Å². The average Bonchev–Trinajstić information content (AvgIpc) is 2.01. The van der Waals surface area contributed by atoms with Crippen LogP contribution in [0.25, 0.3) is 0 Å². The Hall–Kier alpha value is -0.120. The van der Waals surface area contributed by atoms with Crippen LogP contribution in [0.15, 0.2) is 0 Å². The first-order valence-electron chi connectivity index (χ1n) is 4.03. The number of likely N-dealkylation sites (N-methyl/N-ethyl adjacent to an activating group) is 1. The van der Waals surface area contributed by atoms with Crippen LogP contribution in [0.1, 0.15) is 13.3 Å². The Morgan fingerprint density at radius 1 is 1.45 bits per heavy atom. The van der Waals surface area contributed by atoms with Crippen molar-refractivity contribution in [2.24, 2.45) is 0 Å². The standard InChI is InChI=1S/C8H19NO2/c1-8(11-3)4-5-9(2)6-7-10/h8,10H,4-7H2,1-3H3. The van der Waals surface area contributed by atoms with E-state index in [0.717, 1.165) is 19.5 Å². The van der Waals surface area contributed by atoms with E-state index in [-0.39, 0.29) is 6.61 Å². The summed E-state index contributed by atoms with van der Waals surface area (Å²) in [5.41, 5.74) is 0. The molecule has 0 aliphatic carbocycles. The molecule has 0 radical (unpaired) electrons. The van der Waals surface area contributed by atoms with Gasteiger partial charge in [-0.1, -0.05) is 0 Å². The Morgan fingerprint density at radius 2 is 2.09 bits per heavy atom. The summed E-state index contributed by atoms with van der Waals surface area (Å²) in [6.45, 7) is 4.01. The van der Waals surface area contributed by atoms with Crippen molar-refractivity contribution in [3.05, 3.63) is 0 Å². The molecule has 0 aromatic heterocycles. The van der Waals surface area contributed by atoms with Crippen molar-refractivity contribution in [2.75, 3.05) is 33.9 Å². The van der Waals surface area contributed by atoms with Gasteiger partial charge in [-0.25, -0.2) is 0 Å². The summed E-state index contributed by atoms with van der Waals surface area (Å²) in [5.74, 6) is 0. The van der Waals surface area contributed by atoms with Gasteiger partial charge in [0.2, 0.25) is 0 Å². The van der Waals surface area contributed by atoms with Crippen molar-refractivity contribution in [2.45, 2.75) is 19.4 Å². The summed E-state index contributed by atoms with van der Waals surface area (Å²) in [6, 6.07) is 0. The van der Waals surface area contributed by atoms with Gasteiger partial charge in [-0.05, 0) is 20.4 Å². The van der Waals surface area contributed by atoms with Crippen LogP contribution in [0.3, 0.4) is 0 Å². The molecule has 0 saturated carbocycles. The van der Waals surface area contributed by atoms with Crippen LogP contribution in [0.4, 0.5) is 0 Å². The molecule has 0 saturated heterocycles. The molecule has 0 aliphatic heterocycles. The summed E-state index contributed by atoms with van der Waals surface area (Å²) >= 11 is 0. The highest BCUT2D eigenvalue weighted by molar-refractivity contribution is 4.55. The molecular formula is C8H19NO2. The highest BCUT2D eigenvalue weighted by Gasteiger charge is 2.01. The van der Waals surface area contributed by atoms with Gasteiger partial charge in [0, 0.05) is 20.2 Å². The van der Waals surface area contributed by atoms with Gasteiger partial charge in [-0.3, -0.25) is 0 Å². The lowest BCUT2D eigenvalue weighted by Crippen LogP contribution is -2.25. The van der Waals surface area contributed by atoms with Crippen LogP contribution >= 0.6 is 0 Å². The molecule has 1 N–H and O–H groups in total. The van der Waals surface area contributed by atoms with E-state index in [4.69, 9.17) is 9.84 Å². The summed E-state index contributed by atoms with van der Waals surface area (Å²) < 4.78 is 5.09. The molecule has 0 fully saturated rings. The molecule has 11 heavy (non-hydrogen) atoms. The minimum absolute atomic E-state index is 0.234. The fourth-order valence-corrected chi connectivity index (χ4v) is 0.803. The minimum Gasteiger partial charge on any atom is -0.395 e. The lowest BCUT2D eigenvalue weighted by Gasteiger charge is -2.17. The normalized spacial score (nSPS) is 13.9. The average molecular weight is 161 g/mol. The van der Waals surface area contributed by atoms with E-state index in [1.165, 1.54) is 0 Å². The van der Waals surface area contributed by atoms with E-state index in [1.807, 2.05) is 14.0 Å². The number of aliphatic hydroxyl groups excluding tert-OH is 1. The molecule has 1 unspecified atom stereocenters. The van der Waals surface area contributed by atoms with Crippen LogP contribution < -0.4 is 0 Å². The van der Waals surface area contributed by atoms with E-state index < -0.39 is 0 Å². The minimum atomic E-state index is 0.234. The molecular weight excluding hydrogens is 142 g/mol. The molecule has 0 aliphatic rings. The Kier molecular flexibility index (Phi) is 6.51. The van der Waals surface area contributed by atoms with E-state index in [0.29, 0.717) is 6.10 Å². The summed E-state index contributed by atoms with van der Waals surface area (Å²) in [7, 11) is 3.72. The lowest BCUT2D eigenvalue weighted by molar-refractivity contribution is 0.0980. The Bertz CT molecular complexity index is 88.2. The van der Waals surface area contributed by atoms with Gasteiger partial charge in [0.05, 0.1) is 12.7 Å². The first-order chi connectivity index (χ1) is 5.20. The first kappa shape index (κ1) is 10.9. The van der Waals surface area contributed by atoms with Crippen molar-refractivity contribution >= 4 is 0 Å². The third-order valence-electron chi connectivity index (χ3n) is 1.80. The zero-order valence-electron chi connectivity index (χ0n) is 7.71. The topological polar surface area (TPSA) is 32.7 Å². The molecule has 0 heterocycles. The summed E-state index contributed by atoms with van der Waals surface area (Å²) in [5, 5.41) is 8.59. The molecule has 68 valence electrons. The smallest absolute Gasteiger partial charge is 0.0558 e. The molecule has 0 spiro atoms. The molecule has 0 rings (SSSR count). The van der Waals surface area contributed by atoms with E-state index in [9.17, 15) is 0 Å². The summed E-state index contributed by atoms with van der Waals surface area (Å²) in [4.78, 5) is 2.09. The van der Waals surface area contributed by atoms with E-state index >= 15 is 0 Å². The second-order valence-electron chi connectivity index (χ2n) is 2.86. The predicted molar refractivity (Wildman–Crippen MR) is 45.7 cm³/mol. The number of rotatable bonds is 6. The maximum Gasteiger partial charge on any atom is 0.0558 e. The molecule has 1 atom stereocenters. The van der Waals surface area contributed by atoms with E-state index in [2.05, 4.69) is 4.90 Å². The summed E-state index contributed by atoms with van der Waals surface area (Å²) in [6.07, 6.45) is 1.34. The third kappa shape index (κ3) is 6.28. The molecule has 0 aromatic carbocycles. The lowest BCUT2D eigenvalue weighted by atomic mass is 10.3. The Morgan fingerprint density at radius 3 is 2.55 bits per heavy atom. The highest BCUT2D eigenvalue weighted by atomic mass is 16.5. The Balaban J connectivity index is 3.22. The van der Waals surface area contributed by atoms with Gasteiger partial charge in [-0.2, -0.15) is 0 Å². The number of ether oxygens (including phenoxy) is 1. The SMILES string of the molecule is COC(C)CCN(C)CCO. The fraction of sp³-hybridized carbons (Fsp3) is 1.00. The maximum absolute atomic E-state index is 8.59. The number of nitrogens with zero attached hydrogens (tertiary/aromatic N) is 1. The second-order valence-corrected chi connectivity index (χ2v) is 2.86. The first-order valence-corrected chi connectivity index (χ1v) is 4.03. The molecule has 0 amide bonds. The van der Waals surface area contributed by atoms with Gasteiger partial charge in [0.25, 0.3) is 0 Å². The number of hydrogen-bond donors (Lipinski definition) is 1. The molecule has 3 nitrogen and oxygen atoms in total. The molecule has 3 heteroatoms. The molecule has 0 aromatic rings. The van der Waals surface area contributed by atoms with Crippen molar-refractivity contribution in [3.8, 4) is 0 Å². The van der Waals surface area contributed by atoms with Gasteiger partial charge >= 0.3 is 0 Å². The zero-order chi connectivity index (χ0) is 8.69. The predicted octanol–water partition coefficient (Wildman–Crippen LogP) is 0.336. The van der Waals surface area contributed by atoms with Crippen molar-refractivity contribution in [3.63, 3.8) is 0 Å². The quantitative estimate of drug-likeness (QED) is 0.609. The number of methoxy groups -OCH3 is 1. The van der Waals surface area contributed by atoms with Gasteiger partial charge in [0.15, 0.2) is 0 Å². The van der Waals surface area contributed by atoms with Gasteiger partial charge in [-0.15, -0.1) is 0 Å². The van der Waals surface area contributed by atoms with Crippen LogP contribution in [-0.4, -0.2) is 50.0 Å². The van der Waals surface area contributed by atoms with Crippen LogP contribution in [0, 0.1) is 0 Å². The highest BCUT2D eigenvalue weighted by Crippen LogP contribution is 1.96. The maximum atomic E-state index is 8.59. The Labute approximate surface area is 69.0 Å². The van der Waals surface area contributed by atoms with Gasteiger partial charge < -0.3 is 14.7 Å². The number of aliphatic hydroxyl groups is 1. The molecule has 0 bridgehead atoms. The van der Waals surface area contributed by atoms with Crippen LogP contribution in [0.2, 0.25) is 0 Å². The monoisotopic (exact) mass is 161 g/mol. The zero-order valence-corrected chi connectivity index (χ0v) is 7.71. The number of hydrogen-bond acceptors (Lipinski definition) is 3. The third-order valence-corrected chi connectivity index (χ3v) is 1.80. The largest absolute Gasteiger partial charge is 0.395 e.